The van der Waals surface area contributed by atoms with Crippen molar-refractivity contribution < 1.29 is 13.9 Å². The number of carbonyl (C=O) groups is 1. The molecule has 2 N–H and O–H groups in total. The van der Waals surface area contributed by atoms with Gasteiger partial charge in [0.25, 0.3) is 5.69 Å². The third kappa shape index (κ3) is 3.78. The number of carbonyl (C=O) groups excluding carboxylic acids is 1. The minimum atomic E-state index is -0.928. The van der Waals surface area contributed by atoms with Gasteiger partial charge in [-0.25, -0.2) is 0 Å². The molecule has 0 radical (unpaired) electrons. The second-order valence-electron chi connectivity index (χ2n) is 4.69. The molecule has 0 fully saturated rings. The van der Waals surface area contributed by atoms with Crippen LogP contribution in [0.2, 0.25) is 0 Å². The predicted molar refractivity (Wildman–Crippen MR) is 82.1 cm³/mol. The molecule has 1 unspecified atom stereocenters. The molecule has 0 saturated heterocycles. The van der Waals surface area contributed by atoms with Gasteiger partial charge in [0.15, 0.2) is 0 Å². The van der Waals surface area contributed by atoms with Gasteiger partial charge in [0, 0.05) is 47.0 Å². The van der Waals surface area contributed by atoms with E-state index < -0.39 is 15.7 Å². The number of nitro groups is 1. The molecular formula is C13H17N3O4S. The van der Waals surface area contributed by atoms with Crippen molar-refractivity contribution in [1.82, 2.24) is 0 Å². The van der Waals surface area contributed by atoms with E-state index in [4.69, 9.17) is 0 Å². The number of amides is 1. The summed E-state index contributed by atoms with van der Waals surface area (Å²) >= 11 is 0. The van der Waals surface area contributed by atoms with Crippen LogP contribution in [0.3, 0.4) is 0 Å². The van der Waals surface area contributed by atoms with Crippen LogP contribution in [0.5, 0.6) is 0 Å². The van der Waals surface area contributed by atoms with Crippen molar-refractivity contribution >= 4 is 33.8 Å². The summed E-state index contributed by atoms with van der Waals surface area (Å²) in [5.74, 6) is 0.899. The molecule has 8 heteroatoms. The third-order valence-electron chi connectivity index (χ3n) is 3.28. The number of aryl methyl sites for hydroxylation is 1. The Hall–Kier alpha value is -1.96. The molecule has 1 aliphatic heterocycles. The van der Waals surface area contributed by atoms with Gasteiger partial charge < -0.3 is 10.6 Å². The Labute approximate surface area is 124 Å². The first-order valence-electron chi connectivity index (χ1n) is 6.71. The fourth-order valence-corrected chi connectivity index (χ4v) is 2.77. The molecule has 0 aliphatic carbocycles. The number of anilines is 2. The van der Waals surface area contributed by atoms with Crippen LogP contribution in [0.4, 0.5) is 17.1 Å². The highest BCUT2D eigenvalue weighted by Crippen LogP contribution is 2.33. The maximum Gasteiger partial charge on any atom is 0.292 e. The first-order chi connectivity index (χ1) is 10.0. The molecule has 1 aromatic carbocycles. The van der Waals surface area contributed by atoms with Crippen LogP contribution < -0.4 is 10.6 Å². The highest BCUT2D eigenvalue weighted by atomic mass is 32.2. The molecule has 7 nitrogen and oxygen atoms in total. The molecule has 21 heavy (non-hydrogen) atoms. The van der Waals surface area contributed by atoms with E-state index >= 15 is 0 Å². The normalized spacial score (nSPS) is 15.0. The molecule has 1 atom stereocenters. The third-order valence-corrected chi connectivity index (χ3v) is 4.58. The smallest absolute Gasteiger partial charge is 0.292 e. The Morgan fingerprint density at radius 3 is 2.86 bits per heavy atom. The summed E-state index contributed by atoms with van der Waals surface area (Å²) in [6, 6.07) is 3.08. The number of hydrogen-bond donors (Lipinski definition) is 2. The SMILES string of the molecule is CCS(=O)CCNc1cc2c(cc1[N+](=O)[O-])CCC(=O)N2. The molecule has 1 aromatic rings. The van der Waals surface area contributed by atoms with E-state index in [1.165, 1.54) is 6.07 Å². The van der Waals surface area contributed by atoms with Crippen molar-refractivity contribution in [1.29, 1.82) is 0 Å². The fraction of sp³-hybridized carbons (Fsp3) is 0.462. The number of benzene rings is 1. The second-order valence-corrected chi connectivity index (χ2v) is 6.56. The maximum absolute atomic E-state index is 11.4. The topological polar surface area (TPSA) is 101 Å². The molecule has 0 bridgehead atoms. The lowest BCUT2D eigenvalue weighted by Gasteiger charge is -2.18. The van der Waals surface area contributed by atoms with Crippen molar-refractivity contribution in [3.63, 3.8) is 0 Å². The summed E-state index contributed by atoms with van der Waals surface area (Å²) in [5, 5.41) is 16.8. The molecule has 1 heterocycles. The highest BCUT2D eigenvalue weighted by molar-refractivity contribution is 7.84. The summed E-state index contributed by atoms with van der Waals surface area (Å²) < 4.78 is 11.4. The zero-order valence-corrected chi connectivity index (χ0v) is 12.5. The largest absolute Gasteiger partial charge is 0.379 e. The standard InChI is InChI=1S/C13H17N3O4S/c1-2-21(20)6-5-14-11-8-10-9(3-4-13(17)15-10)7-12(11)16(18)19/h7-8,14H,2-6H2,1H3,(H,15,17). The molecule has 0 spiro atoms. The van der Waals surface area contributed by atoms with Gasteiger partial charge >= 0.3 is 0 Å². The summed E-state index contributed by atoms with van der Waals surface area (Å²) in [6.45, 7) is 2.21. The lowest BCUT2D eigenvalue weighted by atomic mass is 10.0. The molecule has 1 amide bonds. The Kier molecular flexibility index (Phi) is 4.89. The lowest BCUT2D eigenvalue weighted by Crippen LogP contribution is -2.20. The number of nitrogens with one attached hydrogen (secondary N) is 2. The van der Waals surface area contributed by atoms with Gasteiger partial charge in [-0.1, -0.05) is 6.92 Å². The van der Waals surface area contributed by atoms with E-state index in [0.29, 0.717) is 42.3 Å². The summed E-state index contributed by atoms with van der Waals surface area (Å²) in [7, 11) is -0.928. The molecule has 2 rings (SSSR count). The first-order valence-corrected chi connectivity index (χ1v) is 8.20. The van der Waals surface area contributed by atoms with Crippen LogP contribution in [-0.4, -0.2) is 33.1 Å². The molecule has 1 aliphatic rings. The fourth-order valence-electron chi connectivity index (χ4n) is 2.15. The predicted octanol–water partition coefficient (Wildman–Crippen LogP) is 1.66. The quantitative estimate of drug-likeness (QED) is 0.614. The molecular weight excluding hydrogens is 294 g/mol. The number of hydrogen-bond acceptors (Lipinski definition) is 5. The van der Waals surface area contributed by atoms with Crippen LogP contribution in [0.15, 0.2) is 12.1 Å². The van der Waals surface area contributed by atoms with Gasteiger partial charge in [-0.3, -0.25) is 19.1 Å². The zero-order chi connectivity index (χ0) is 15.4. The van der Waals surface area contributed by atoms with Crippen LogP contribution in [0.25, 0.3) is 0 Å². The summed E-state index contributed by atoms with van der Waals surface area (Å²) in [6.07, 6.45) is 0.842. The van der Waals surface area contributed by atoms with Crippen molar-refractivity contribution in [3.05, 3.63) is 27.8 Å². The number of nitrogens with zero attached hydrogens (tertiary/aromatic N) is 1. The van der Waals surface area contributed by atoms with Gasteiger partial charge in [-0.2, -0.15) is 0 Å². The van der Waals surface area contributed by atoms with E-state index in [9.17, 15) is 19.1 Å². The highest BCUT2D eigenvalue weighted by Gasteiger charge is 2.22. The number of nitro benzene ring substituents is 1. The van der Waals surface area contributed by atoms with E-state index in [-0.39, 0.29) is 11.6 Å². The Balaban J connectivity index is 2.21. The van der Waals surface area contributed by atoms with E-state index in [2.05, 4.69) is 10.6 Å². The van der Waals surface area contributed by atoms with Gasteiger partial charge in [0.05, 0.1) is 4.92 Å². The Morgan fingerprint density at radius 2 is 2.19 bits per heavy atom. The van der Waals surface area contributed by atoms with Gasteiger partial charge in [-0.05, 0) is 18.1 Å². The Bertz CT molecular complexity index is 603. The average Bonchev–Trinajstić information content (AvgIpc) is 2.45. The molecule has 0 saturated carbocycles. The van der Waals surface area contributed by atoms with Crippen molar-refractivity contribution in [2.24, 2.45) is 0 Å². The van der Waals surface area contributed by atoms with Crippen molar-refractivity contribution in [2.45, 2.75) is 19.8 Å². The first kappa shape index (κ1) is 15.4. The lowest BCUT2D eigenvalue weighted by molar-refractivity contribution is -0.384. The van der Waals surface area contributed by atoms with Crippen LogP contribution in [0, 0.1) is 10.1 Å². The molecule has 114 valence electrons. The monoisotopic (exact) mass is 311 g/mol. The Morgan fingerprint density at radius 1 is 1.43 bits per heavy atom. The number of fused-ring (bicyclic) bond motifs is 1. The number of rotatable bonds is 6. The minimum Gasteiger partial charge on any atom is -0.379 e. The van der Waals surface area contributed by atoms with Gasteiger partial charge in [0.2, 0.25) is 5.91 Å². The van der Waals surface area contributed by atoms with E-state index in [1.54, 1.807) is 6.07 Å². The van der Waals surface area contributed by atoms with Crippen LogP contribution in [-0.2, 0) is 22.0 Å². The zero-order valence-electron chi connectivity index (χ0n) is 11.7. The van der Waals surface area contributed by atoms with Crippen LogP contribution in [0.1, 0.15) is 18.9 Å². The summed E-state index contributed by atoms with van der Waals surface area (Å²) in [4.78, 5) is 22.1. The molecule has 0 aromatic heterocycles. The van der Waals surface area contributed by atoms with Crippen LogP contribution >= 0.6 is 0 Å². The summed E-state index contributed by atoms with van der Waals surface area (Å²) in [5.41, 5.74) is 1.70. The van der Waals surface area contributed by atoms with Crippen molar-refractivity contribution in [3.8, 4) is 0 Å². The van der Waals surface area contributed by atoms with E-state index in [0.717, 1.165) is 5.56 Å². The van der Waals surface area contributed by atoms with Gasteiger partial charge in [0.1, 0.15) is 5.69 Å². The van der Waals surface area contributed by atoms with E-state index in [1.807, 2.05) is 6.92 Å². The average molecular weight is 311 g/mol. The van der Waals surface area contributed by atoms with Gasteiger partial charge in [-0.15, -0.1) is 0 Å². The minimum absolute atomic E-state index is 0.0211. The second kappa shape index (κ2) is 6.66. The van der Waals surface area contributed by atoms with Crippen molar-refractivity contribution in [2.75, 3.05) is 28.7 Å². The maximum atomic E-state index is 11.4.